The number of alkyl halides is 3. The van der Waals surface area contributed by atoms with Crippen molar-refractivity contribution in [2.75, 3.05) is 26.2 Å². The van der Waals surface area contributed by atoms with E-state index in [1.807, 2.05) is 0 Å². The largest absolute Gasteiger partial charge is 0.506 e. The van der Waals surface area contributed by atoms with E-state index in [1.165, 1.54) is 23.1 Å². The second kappa shape index (κ2) is 5.69. The van der Waals surface area contributed by atoms with Gasteiger partial charge in [-0.1, -0.05) is 12.1 Å². The fourth-order valence-corrected chi connectivity index (χ4v) is 2.39. The minimum atomic E-state index is -4.51. The molecule has 1 heterocycles. The Kier molecular flexibility index (Phi) is 4.16. The monoisotopic (exact) mass is 285 g/mol. The third-order valence-electron chi connectivity index (χ3n) is 3.31. The summed E-state index contributed by atoms with van der Waals surface area (Å²) in [5.41, 5.74) is -0.412. The number of para-hydroxylation sites is 1. The third-order valence-corrected chi connectivity index (χ3v) is 3.31. The molecule has 1 fully saturated rings. The number of nitrogens with one attached hydrogen (secondary N) is 1. The van der Waals surface area contributed by atoms with E-state index in [0.717, 1.165) is 0 Å². The predicted molar refractivity (Wildman–Crippen MR) is 66.1 cm³/mol. The maximum atomic E-state index is 13.3. The Morgan fingerprint density at radius 1 is 1.30 bits per heavy atom. The Bertz CT molecular complexity index is 519. The van der Waals surface area contributed by atoms with Crippen LogP contribution in [0.2, 0.25) is 0 Å². The zero-order valence-electron chi connectivity index (χ0n) is 10.6. The molecule has 0 aliphatic carbocycles. The smallest absolute Gasteiger partial charge is 0.408 e. The number of hydrogen-bond donors (Lipinski definition) is 2. The number of hydrogen-bond acceptors (Lipinski definition) is 4. The zero-order chi connectivity index (χ0) is 14.8. The van der Waals surface area contributed by atoms with Crippen molar-refractivity contribution in [1.29, 1.82) is 5.26 Å². The van der Waals surface area contributed by atoms with Gasteiger partial charge in [0, 0.05) is 31.7 Å². The Morgan fingerprint density at radius 3 is 2.50 bits per heavy atom. The molecule has 0 spiro atoms. The molecule has 0 saturated carbocycles. The summed E-state index contributed by atoms with van der Waals surface area (Å²) in [5.74, 6) is -0.587. The molecule has 20 heavy (non-hydrogen) atoms. The SMILES string of the molecule is N#Cc1cccc([C@H](N2CCNCC2)C(F)(F)F)c1O. The Labute approximate surface area is 114 Å². The molecule has 0 unspecified atom stereocenters. The standard InChI is InChI=1S/C13H14F3N3O/c14-13(15,16)12(19-6-4-18-5-7-19)10-3-1-2-9(8-17)11(10)20/h1-3,12,18,20H,4-7H2/t12-/m0/s1. The van der Waals surface area contributed by atoms with Crippen molar-refractivity contribution in [2.24, 2.45) is 0 Å². The summed E-state index contributed by atoms with van der Waals surface area (Å²) in [5, 5.41) is 21.7. The van der Waals surface area contributed by atoms with Gasteiger partial charge in [-0.25, -0.2) is 0 Å². The van der Waals surface area contributed by atoms with Crippen LogP contribution in [0.5, 0.6) is 5.75 Å². The third kappa shape index (κ3) is 2.86. The molecule has 0 bridgehead atoms. The molecule has 1 aromatic carbocycles. The summed E-state index contributed by atoms with van der Waals surface area (Å²) >= 11 is 0. The van der Waals surface area contributed by atoms with Crippen LogP contribution in [-0.4, -0.2) is 42.4 Å². The molecule has 108 valence electrons. The summed E-state index contributed by atoms with van der Waals surface area (Å²) in [7, 11) is 0. The summed E-state index contributed by atoms with van der Waals surface area (Å²) in [4.78, 5) is 1.27. The molecule has 1 saturated heterocycles. The highest BCUT2D eigenvalue weighted by Crippen LogP contribution is 2.42. The molecule has 1 aliphatic rings. The van der Waals surface area contributed by atoms with Crippen LogP contribution in [0.3, 0.4) is 0 Å². The first-order valence-corrected chi connectivity index (χ1v) is 6.18. The highest BCUT2D eigenvalue weighted by molar-refractivity contribution is 5.49. The van der Waals surface area contributed by atoms with Gasteiger partial charge in [0.05, 0.1) is 5.56 Å². The normalized spacial score (nSPS) is 18.5. The quantitative estimate of drug-likeness (QED) is 0.869. The van der Waals surface area contributed by atoms with Crippen LogP contribution in [0.15, 0.2) is 18.2 Å². The van der Waals surface area contributed by atoms with Crippen LogP contribution in [-0.2, 0) is 0 Å². The fraction of sp³-hybridized carbons (Fsp3) is 0.462. The van der Waals surface area contributed by atoms with E-state index in [1.54, 1.807) is 6.07 Å². The van der Waals surface area contributed by atoms with Gasteiger partial charge in [0.25, 0.3) is 0 Å². The van der Waals surface area contributed by atoms with Gasteiger partial charge in [-0.3, -0.25) is 4.90 Å². The molecule has 2 rings (SSSR count). The van der Waals surface area contributed by atoms with Crippen LogP contribution in [0.25, 0.3) is 0 Å². The molecule has 1 aliphatic heterocycles. The second-order valence-corrected chi connectivity index (χ2v) is 4.59. The lowest BCUT2D eigenvalue weighted by Crippen LogP contribution is -2.49. The fourth-order valence-electron chi connectivity index (χ4n) is 2.39. The molecule has 2 N–H and O–H groups in total. The number of phenols is 1. The van der Waals surface area contributed by atoms with E-state index in [-0.39, 0.29) is 24.2 Å². The highest BCUT2D eigenvalue weighted by atomic mass is 19.4. The van der Waals surface area contributed by atoms with Crippen molar-refractivity contribution in [3.8, 4) is 11.8 Å². The molecular weight excluding hydrogens is 271 g/mol. The number of piperazine rings is 1. The summed E-state index contributed by atoms with van der Waals surface area (Å²) in [6.07, 6.45) is -4.51. The van der Waals surface area contributed by atoms with E-state index in [2.05, 4.69) is 5.32 Å². The molecule has 4 nitrogen and oxygen atoms in total. The molecule has 1 aromatic rings. The molecule has 7 heteroatoms. The van der Waals surface area contributed by atoms with Crippen molar-refractivity contribution in [2.45, 2.75) is 12.2 Å². The number of rotatable bonds is 2. The van der Waals surface area contributed by atoms with Crippen molar-refractivity contribution >= 4 is 0 Å². The van der Waals surface area contributed by atoms with E-state index < -0.39 is 18.0 Å². The second-order valence-electron chi connectivity index (χ2n) is 4.59. The number of nitriles is 1. The maximum Gasteiger partial charge on any atom is 0.408 e. The summed E-state index contributed by atoms with van der Waals surface area (Å²) < 4.78 is 40.0. The molecule has 0 radical (unpaired) electrons. The average molecular weight is 285 g/mol. The van der Waals surface area contributed by atoms with Crippen LogP contribution in [0, 0.1) is 11.3 Å². The van der Waals surface area contributed by atoms with Crippen LogP contribution < -0.4 is 5.32 Å². The molecule has 0 amide bonds. The molecular formula is C13H14F3N3O. The van der Waals surface area contributed by atoms with Gasteiger partial charge in [-0.05, 0) is 6.07 Å². The summed E-state index contributed by atoms with van der Waals surface area (Å²) in [6, 6.07) is 3.68. The lowest BCUT2D eigenvalue weighted by atomic mass is 10.00. The van der Waals surface area contributed by atoms with Gasteiger partial charge < -0.3 is 10.4 Å². The summed E-state index contributed by atoms with van der Waals surface area (Å²) in [6.45, 7) is 1.40. The van der Waals surface area contributed by atoms with Crippen LogP contribution in [0.1, 0.15) is 17.2 Å². The van der Waals surface area contributed by atoms with Gasteiger partial charge in [-0.2, -0.15) is 18.4 Å². The lowest BCUT2D eigenvalue weighted by Gasteiger charge is -2.36. The number of halogens is 3. The minimum absolute atomic E-state index is 0.146. The van der Waals surface area contributed by atoms with Crippen LogP contribution in [0.4, 0.5) is 13.2 Å². The molecule has 1 atom stereocenters. The van der Waals surface area contributed by atoms with Gasteiger partial charge in [0.15, 0.2) is 0 Å². The minimum Gasteiger partial charge on any atom is -0.506 e. The molecule has 0 aromatic heterocycles. The maximum absolute atomic E-state index is 13.3. The highest BCUT2D eigenvalue weighted by Gasteiger charge is 2.46. The Hall–Kier alpha value is -1.78. The first-order chi connectivity index (χ1) is 9.45. The van der Waals surface area contributed by atoms with E-state index in [0.29, 0.717) is 13.1 Å². The van der Waals surface area contributed by atoms with Crippen molar-refractivity contribution in [3.05, 3.63) is 29.3 Å². The van der Waals surface area contributed by atoms with Crippen molar-refractivity contribution in [3.63, 3.8) is 0 Å². The van der Waals surface area contributed by atoms with Gasteiger partial charge >= 0.3 is 6.18 Å². The zero-order valence-corrected chi connectivity index (χ0v) is 10.6. The first-order valence-electron chi connectivity index (χ1n) is 6.18. The Balaban J connectivity index is 2.44. The lowest BCUT2D eigenvalue weighted by molar-refractivity contribution is -0.188. The van der Waals surface area contributed by atoms with Gasteiger partial charge in [0.1, 0.15) is 17.9 Å². The Morgan fingerprint density at radius 2 is 1.95 bits per heavy atom. The van der Waals surface area contributed by atoms with Crippen LogP contribution >= 0.6 is 0 Å². The number of aromatic hydroxyl groups is 1. The van der Waals surface area contributed by atoms with Crippen molar-refractivity contribution < 1.29 is 18.3 Å². The predicted octanol–water partition coefficient (Wildman–Crippen LogP) is 1.77. The first kappa shape index (κ1) is 14.6. The number of benzene rings is 1. The van der Waals surface area contributed by atoms with Gasteiger partial charge in [-0.15, -0.1) is 0 Å². The average Bonchev–Trinajstić information content (AvgIpc) is 2.41. The number of nitrogens with zero attached hydrogens (tertiary/aromatic N) is 2. The van der Waals surface area contributed by atoms with E-state index >= 15 is 0 Å². The van der Waals surface area contributed by atoms with E-state index in [9.17, 15) is 18.3 Å². The van der Waals surface area contributed by atoms with Gasteiger partial charge in [0.2, 0.25) is 0 Å². The number of phenolic OH excluding ortho intramolecular Hbond substituents is 1. The topological polar surface area (TPSA) is 59.3 Å². The van der Waals surface area contributed by atoms with Crippen molar-refractivity contribution in [1.82, 2.24) is 10.2 Å². The van der Waals surface area contributed by atoms with E-state index in [4.69, 9.17) is 5.26 Å².